The van der Waals surface area contributed by atoms with Gasteiger partial charge in [-0.1, -0.05) is 32.7 Å². The molecule has 5 nitrogen and oxygen atoms in total. The van der Waals surface area contributed by atoms with Crippen molar-refractivity contribution in [3.05, 3.63) is 33.3 Å². The Morgan fingerprint density at radius 3 is 2.75 bits per heavy atom. The van der Waals surface area contributed by atoms with E-state index in [0.717, 1.165) is 4.47 Å². The Hall–Kier alpha value is -1.27. The molecule has 0 spiro atoms. The molecule has 0 aliphatic carbocycles. The van der Waals surface area contributed by atoms with Gasteiger partial charge >= 0.3 is 0 Å². The highest BCUT2D eigenvalue weighted by atomic mass is 79.9. The number of carbonyl (C=O) groups excluding carboxylic acids is 1. The molecule has 110 valence electrons. The summed E-state index contributed by atoms with van der Waals surface area (Å²) in [4.78, 5) is 14.2. The zero-order valence-corrected chi connectivity index (χ0v) is 13.6. The lowest BCUT2D eigenvalue weighted by molar-refractivity contribution is 0.0711. The summed E-state index contributed by atoms with van der Waals surface area (Å²) in [7, 11) is 0. The minimum Gasteiger partial charge on any atom is -0.409 e. The number of amidine groups is 1. The fourth-order valence-electron chi connectivity index (χ4n) is 1.70. The van der Waals surface area contributed by atoms with Crippen LogP contribution in [0.4, 0.5) is 0 Å². The molecule has 0 aliphatic heterocycles. The average molecular weight is 363 g/mol. The molecule has 0 saturated heterocycles. The Morgan fingerprint density at radius 2 is 2.20 bits per heavy atom. The van der Waals surface area contributed by atoms with E-state index >= 15 is 0 Å². The summed E-state index contributed by atoms with van der Waals surface area (Å²) in [6.07, 6.45) is 0.298. The van der Waals surface area contributed by atoms with E-state index < -0.39 is 0 Å². The number of hydrogen-bond acceptors (Lipinski definition) is 3. The number of oxime groups is 1. The average Bonchev–Trinajstić information content (AvgIpc) is 2.40. The summed E-state index contributed by atoms with van der Waals surface area (Å²) in [5, 5.41) is 11.9. The van der Waals surface area contributed by atoms with Crippen molar-refractivity contribution in [2.45, 2.75) is 26.3 Å². The van der Waals surface area contributed by atoms with Gasteiger partial charge in [-0.25, -0.2) is 0 Å². The standard InChI is InChI=1S/C13H17BrClN3O2/c1-8(2)18(6-5-12(16)17-20)13(19)10-7-9(14)3-4-11(10)15/h3-4,7-8,20H,5-6H2,1-2H3,(H2,16,17). The number of halogens is 2. The van der Waals surface area contributed by atoms with Gasteiger partial charge in [0.25, 0.3) is 5.91 Å². The maximum atomic E-state index is 12.5. The highest BCUT2D eigenvalue weighted by Gasteiger charge is 2.21. The first-order valence-electron chi connectivity index (χ1n) is 6.09. The van der Waals surface area contributed by atoms with E-state index in [1.54, 1.807) is 23.1 Å². The van der Waals surface area contributed by atoms with Crippen LogP contribution < -0.4 is 5.73 Å². The quantitative estimate of drug-likeness (QED) is 0.366. The minimum atomic E-state index is -0.183. The summed E-state index contributed by atoms with van der Waals surface area (Å²) in [6.45, 7) is 4.15. The topological polar surface area (TPSA) is 78.9 Å². The second kappa shape index (κ2) is 7.50. The molecule has 0 unspecified atom stereocenters. The monoisotopic (exact) mass is 361 g/mol. The molecule has 20 heavy (non-hydrogen) atoms. The van der Waals surface area contributed by atoms with Crippen molar-refractivity contribution in [3.8, 4) is 0 Å². The van der Waals surface area contributed by atoms with Crippen molar-refractivity contribution in [2.24, 2.45) is 10.9 Å². The molecule has 0 bridgehead atoms. The maximum absolute atomic E-state index is 12.5. The Kier molecular flexibility index (Phi) is 6.29. The van der Waals surface area contributed by atoms with E-state index in [-0.39, 0.29) is 17.8 Å². The number of nitrogens with two attached hydrogens (primary N) is 1. The lowest BCUT2D eigenvalue weighted by Gasteiger charge is -2.27. The Balaban J connectivity index is 2.97. The van der Waals surface area contributed by atoms with Crippen LogP contribution in [0.5, 0.6) is 0 Å². The molecule has 0 aromatic heterocycles. The molecule has 1 rings (SSSR count). The van der Waals surface area contributed by atoms with Crippen LogP contribution in [0.1, 0.15) is 30.6 Å². The highest BCUT2D eigenvalue weighted by molar-refractivity contribution is 9.10. The minimum absolute atomic E-state index is 0.0240. The van der Waals surface area contributed by atoms with Crippen molar-refractivity contribution in [1.29, 1.82) is 0 Å². The Labute approximate surface area is 131 Å². The van der Waals surface area contributed by atoms with Gasteiger partial charge in [-0.15, -0.1) is 0 Å². The molecule has 3 N–H and O–H groups in total. The maximum Gasteiger partial charge on any atom is 0.255 e. The largest absolute Gasteiger partial charge is 0.409 e. The van der Waals surface area contributed by atoms with Crippen LogP contribution in [0.2, 0.25) is 5.02 Å². The van der Waals surface area contributed by atoms with Crippen LogP contribution in [-0.4, -0.2) is 34.4 Å². The summed E-state index contributed by atoms with van der Waals surface area (Å²) in [6, 6.07) is 5.10. The van der Waals surface area contributed by atoms with Crippen LogP contribution in [-0.2, 0) is 0 Å². The number of hydrogen-bond donors (Lipinski definition) is 2. The Morgan fingerprint density at radius 1 is 1.55 bits per heavy atom. The molecule has 0 radical (unpaired) electrons. The molecule has 0 atom stereocenters. The molecule has 0 heterocycles. The van der Waals surface area contributed by atoms with Crippen LogP contribution in [0.25, 0.3) is 0 Å². The van der Waals surface area contributed by atoms with Gasteiger partial charge in [0.05, 0.1) is 10.6 Å². The van der Waals surface area contributed by atoms with Crippen LogP contribution in [0, 0.1) is 0 Å². The fraction of sp³-hybridized carbons (Fsp3) is 0.385. The summed E-state index contributed by atoms with van der Waals surface area (Å²) >= 11 is 9.40. The molecular formula is C13H17BrClN3O2. The van der Waals surface area contributed by atoms with E-state index in [1.807, 2.05) is 13.8 Å². The second-order valence-corrected chi connectivity index (χ2v) is 5.88. The van der Waals surface area contributed by atoms with Crippen molar-refractivity contribution in [2.75, 3.05) is 6.54 Å². The third kappa shape index (κ3) is 4.38. The lowest BCUT2D eigenvalue weighted by atomic mass is 10.1. The molecular weight excluding hydrogens is 346 g/mol. The SMILES string of the molecule is CC(C)N(CCC(N)=NO)C(=O)c1cc(Br)ccc1Cl. The predicted octanol–water partition coefficient (Wildman–Crippen LogP) is 3.09. The second-order valence-electron chi connectivity index (χ2n) is 4.56. The number of rotatable bonds is 5. The van der Waals surface area contributed by atoms with Crippen molar-refractivity contribution in [3.63, 3.8) is 0 Å². The predicted molar refractivity (Wildman–Crippen MR) is 83.4 cm³/mol. The van der Waals surface area contributed by atoms with E-state index in [2.05, 4.69) is 21.1 Å². The number of carbonyl (C=O) groups is 1. The lowest BCUT2D eigenvalue weighted by Crippen LogP contribution is -2.39. The van der Waals surface area contributed by atoms with Crippen LogP contribution in [0.3, 0.4) is 0 Å². The number of nitrogens with zero attached hydrogens (tertiary/aromatic N) is 2. The molecule has 7 heteroatoms. The normalized spacial score (nSPS) is 11.8. The van der Waals surface area contributed by atoms with Gasteiger partial charge in [0.1, 0.15) is 5.84 Å². The number of amides is 1. The van der Waals surface area contributed by atoms with E-state index in [9.17, 15) is 4.79 Å². The smallest absolute Gasteiger partial charge is 0.255 e. The van der Waals surface area contributed by atoms with Gasteiger partial charge < -0.3 is 15.8 Å². The molecule has 0 saturated carbocycles. The summed E-state index contributed by atoms with van der Waals surface area (Å²) < 4.78 is 0.783. The summed E-state index contributed by atoms with van der Waals surface area (Å²) in [5.74, 6) is -0.0965. The molecule has 1 aromatic carbocycles. The van der Waals surface area contributed by atoms with Crippen molar-refractivity contribution < 1.29 is 10.0 Å². The van der Waals surface area contributed by atoms with E-state index in [1.165, 1.54) is 0 Å². The first-order chi connectivity index (χ1) is 9.36. The first kappa shape index (κ1) is 16.8. The van der Waals surface area contributed by atoms with E-state index in [0.29, 0.717) is 23.6 Å². The molecule has 0 fully saturated rings. The fourth-order valence-corrected chi connectivity index (χ4v) is 2.25. The van der Waals surface area contributed by atoms with E-state index in [4.69, 9.17) is 22.5 Å². The zero-order valence-electron chi connectivity index (χ0n) is 11.3. The van der Waals surface area contributed by atoms with Gasteiger partial charge in [0.15, 0.2) is 0 Å². The van der Waals surface area contributed by atoms with Gasteiger partial charge in [0.2, 0.25) is 0 Å². The van der Waals surface area contributed by atoms with Crippen LogP contribution in [0.15, 0.2) is 27.8 Å². The zero-order chi connectivity index (χ0) is 15.3. The van der Waals surface area contributed by atoms with Gasteiger partial charge in [-0.3, -0.25) is 4.79 Å². The Bertz CT molecular complexity index is 520. The van der Waals surface area contributed by atoms with Crippen LogP contribution >= 0.6 is 27.5 Å². The van der Waals surface area contributed by atoms with Gasteiger partial charge in [0, 0.05) is 23.5 Å². The third-order valence-corrected chi connectivity index (χ3v) is 3.60. The van der Waals surface area contributed by atoms with Crippen molar-refractivity contribution >= 4 is 39.3 Å². The summed E-state index contributed by atoms with van der Waals surface area (Å²) in [5.41, 5.74) is 5.87. The molecule has 1 amide bonds. The molecule has 0 aliphatic rings. The van der Waals surface area contributed by atoms with Gasteiger partial charge in [-0.05, 0) is 32.0 Å². The third-order valence-electron chi connectivity index (χ3n) is 2.78. The van der Waals surface area contributed by atoms with Gasteiger partial charge in [-0.2, -0.15) is 0 Å². The first-order valence-corrected chi connectivity index (χ1v) is 7.26. The number of benzene rings is 1. The van der Waals surface area contributed by atoms with Crippen molar-refractivity contribution in [1.82, 2.24) is 4.90 Å². The molecule has 1 aromatic rings. The highest BCUT2D eigenvalue weighted by Crippen LogP contribution is 2.23.